The van der Waals surface area contributed by atoms with Crippen molar-refractivity contribution in [2.45, 2.75) is 63.6 Å². The number of rotatable bonds is 7. The first-order valence-electron chi connectivity index (χ1n) is 9.71. The van der Waals surface area contributed by atoms with Crippen molar-refractivity contribution in [3.05, 3.63) is 0 Å². The minimum atomic E-state index is -1.84. The fraction of sp³-hybridized carbons (Fsp3) is 0.833. The van der Waals surface area contributed by atoms with Gasteiger partial charge in [0.25, 0.3) is 0 Å². The lowest BCUT2D eigenvalue weighted by Gasteiger charge is -2.37. The van der Waals surface area contributed by atoms with Crippen molar-refractivity contribution < 1.29 is 44.7 Å². The average molecular weight is 418 g/mol. The van der Waals surface area contributed by atoms with Crippen LogP contribution < -0.4 is 0 Å². The van der Waals surface area contributed by atoms with Crippen LogP contribution in [0, 0.1) is 5.41 Å². The van der Waals surface area contributed by atoms with Gasteiger partial charge in [0.2, 0.25) is 11.8 Å². The SMILES string of the molecule is CCN1C(=O)CC2(CCN(C(=O)O[C@H](C)C(O)C(O)C(O)[C@@H](O)CO)CC2)C1=O. The van der Waals surface area contributed by atoms with Crippen LogP contribution in [0.3, 0.4) is 0 Å². The van der Waals surface area contributed by atoms with E-state index in [2.05, 4.69) is 0 Å². The summed E-state index contributed by atoms with van der Waals surface area (Å²) in [6.45, 7) is 2.96. The van der Waals surface area contributed by atoms with E-state index in [-0.39, 0.29) is 31.3 Å². The molecule has 0 saturated carbocycles. The van der Waals surface area contributed by atoms with Crippen LogP contribution in [0.1, 0.15) is 33.1 Å². The molecule has 1 spiro atoms. The highest BCUT2D eigenvalue weighted by atomic mass is 16.6. The third kappa shape index (κ3) is 4.69. The highest BCUT2D eigenvalue weighted by Crippen LogP contribution is 2.42. The summed E-state index contributed by atoms with van der Waals surface area (Å²) in [5.74, 6) is -0.413. The first-order chi connectivity index (χ1) is 13.6. The Hall–Kier alpha value is -1.79. The maximum absolute atomic E-state index is 12.5. The van der Waals surface area contributed by atoms with Crippen LogP contribution in [0.2, 0.25) is 0 Å². The van der Waals surface area contributed by atoms with Gasteiger partial charge in [-0.3, -0.25) is 14.5 Å². The Kier molecular flexibility index (Phi) is 7.57. The predicted octanol–water partition coefficient (Wildman–Crippen LogP) is -2.19. The Balaban J connectivity index is 1.90. The molecule has 2 aliphatic heterocycles. The molecule has 2 fully saturated rings. The van der Waals surface area contributed by atoms with Crippen molar-refractivity contribution in [3.8, 4) is 0 Å². The molecule has 0 aromatic rings. The number of hydrogen-bond acceptors (Lipinski definition) is 9. The lowest BCUT2D eigenvalue weighted by Crippen LogP contribution is -2.52. The maximum Gasteiger partial charge on any atom is 0.410 e. The van der Waals surface area contributed by atoms with Crippen molar-refractivity contribution in [1.82, 2.24) is 9.80 Å². The fourth-order valence-electron chi connectivity index (χ4n) is 3.81. The molecule has 0 aromatic carbocycles. The third-order valence-electron chi connectivity index (χ3n) is 5.83. The molecule has 11 nitrogen and oxygen atoms in total. The molecule has 29 heavy (non-hydrogen) atoms. The van der Waals surface area contributed by atoms with Gasteiger partial charge in [0.1, 0.15) is 30.5 Å². The highest BCUT2D eigenvalue weighted by Gasteiger charge is 2.52. The van der Waals surface area contributed by atoms with E-state index in [9.17, 15) is 34.8 Å². The number of carbonyl (C=O) groups is 3. The van der Waals surface area contributed by atoms with Crippen molar-refractivity contribution >= 4 is 17.9 Å². The van der Waals surface area contributed by atoms with Crippen LogP contribution in [0.15, 0.2) is 0 Å². The van der Waals surface area contributed by atoms with E-state index in [1.807, 2.05) is 0 Å². The van der Waals surface area contributed by atoms with Crippen LogP contribution in [-0.4, -0.2) is 110 Å². The predicted molar refractivity (Wildman–Crippen MR) is 97.3 cm³/mol. The molecule has 0 aliphatic carbocycles. The van der Waals surface area contributed by atoms with Gasteiger partial charge < -0.3 is 35.2 Å². The van der Waals surface area contributed by atoms with Gasteiger partial charge in [-0.05, 0) is 26.7 Å². The molecule has 2 saturated heterocycles. The molecule has 5 N–H and O–H groups in total. The number of aliphatic hydroxyl groups excluding tert-OH is 5. The first-order valence-corrected chi connectivity index (χ1v) is 9.71. The normalized spacial score (nSPS) is 24.4. The van der Waals surface area contributed by atoms with E-state index < -0.39 is 48.6 Å². The Labute approximate surface area is 168 Å². The van der Waals surface area contributed by atoms with E-state index >= 15 is 0 Å². The van der Waals surface area contributed by atoms with E-state index in [4.69, 9.17) is 9.84 Å². The summed E-state index contributed by atoms with van der Waals surface area (Å²) in [7, 11) is 0. The van der Waals surface area contributed by atoms with Crippen LogP contribution in [0.25, 0.3) is 0 Å². The molecular formula is C18H30N2O9. The Morgan fingerprint density at radius 2 is 1.69 bits per heavy atom. The smallest absolute Gasteiger partial charge is 0.410 e. The van der Waals surface area contributed by atoms with Crippen molar-refractivity contribution in [3.63, 3.8) is 0 Å². The summed E-state index contributed by atoms with van der Waals surface area (Å²) >= 11 is 0. The minimum absolute atomic E-state index is 0.134. The summed E-state index contributed by atoms with van der Waals surface area (Å²) in [4.78, 5) is 39.5. The fourth-order valence-corrected chi connectivity index (χ4v) is 3.81. The van der Waals surface area contributed by atoms with Crippen LogP contribution in [0.5, 0.6) is 0 Å². The third-order valence-corrected chi connectivity index (χ3v) is 5.83. The lowest BCUT2D eigenvalue weighted by atomic mass is 9.77. The van der Waals surface area contributed by atoms with Gasteiger partial charge in [-0.15, -0.1) is 0 Å². The topological polar surface area (TPSA) is 168 Å². The van der Waals surface area contributed by atoms with Crippen molar-refractivity contribution in [2.24, 2.45) is 5.41 Å². The molecule has 5 atom stereocenters. The van der Waals surface area contributed by atoms with Crippen LogP contribution in [0.4, 0.5) is 4.79 Å². The van der Waals surface area contributed by atoms with Gasteiger partial charge in [-0.1, -0.05) is 0 Å². The zero-order chi connectivity index (χ0) is 21.9. The van der Waals surface area contributed by atoms with Crippen LogP contribution in [-0.2, 0) is 14.3 Å². The lowest BCUT2D eigenvalue weighted by molar-refractivity contribution is -0.143. The number of piperidine rings is 1. The summed E-state index contributed by atoms with van der Waals surface area (Å²) < 4.78 is 5.14. The Bertz CT molecular complexity index is 620. The second-order valence-corrected chi connectivity index (χ2v) is 7.70. The molecular weight excluding hydrogens is 388 g/mol. The highest BCUT2D eigenvalue weighted by molar-refractivity contribution is 6.06. The van der Waals surface area contributed by atoms with E-state index in [1.165, 1.54) is 16.7 Å². The Morgan fingerprint density at radius 1 is 1.10 bits per heavy atom. The van der Waals surface area contributed by atoms with E-state index in [0.717, 1.165) is 0 Å². The number of nitrogens with zero attached hydrogens (tertiary/aromatic N) is 2. The number of carbonyl (C=O) groups excluding carboxylic acids is 3. The van der Waals surface area contributed by atoms with Crippen LogP contribution >= 0.6 is 0 Å². The molecule has 0 radical (unpaired) electrons. The number of likely N-dealkylation sites (tertiary alicyclic amines) is 2. The number of amides is 3. The second-order valence-electron chi connectivity index (χ2n) is 7.70. The molecule has 3 unspecified atom stereocenters. The Morgan fingerprint density at radius 3 is 2.17 bits per heavy atom. The molecule has 0 bridgehead atoms. The summed E-state index contributed by atoms with van der Waals surface area (Å²) in [5, 5.41) is 47.7. The molecule has 166 valence electrons. The number of aliphatic hydroxyl groups is 5. The van der Waals surface area contributed by atoms with Gasteiger partial charge in [-0.2, -0.15) is 0 Å². The minimum Gasteiger partial charge on any atom is -0.444 e. The van der Waals surface area contributed by atoms with Gasteiger partial charge in [0, 0.05) is 26.1 Å². The monoisotopic (exact) mass is 418 g/mol. The standard InChI is InChI=1S/C18H30N2O9/c1-3-20-12(23)8-18(16(20)27)4-6-19(7-5-18)17(28)29-10(2)13(24)15(26)14(25)11(22)9-21/h10-11,13-15,21-22,24-26H,3-9H2,1-2H3/t10-,11+,13?,14?,15?/m1/s1. The quantitative estimate of drug-likeness (QED) is 0.288. The molecule has 3 amide bonds. The number of imide groups is 1. The van der Waals surface area contributed by atoms with Crippen molar-refractivity contribution in [2.75, 3.05) is 26.2 Å². The molecule has 0 aromatic heterocycles. The summed E-state index contributed by atoms with van der Waals surface area (Å²) in [6.07, 6.45) is -8.21. The molecule has 2 aliphatic rings. The van der Waals surface area contributed by atoms with E-state index in [1.54, 1.807) is 6.92 Å². The maximum atomic E-state index is 12.5. The average Bonchev–Trinajstić information content (AvgIpc) is 2.94. The second kappa shape index (κ2) is 9.35. The number of ether oxygens (including phenoxy) is 1. The van der Waals surface area contributed by atoms with Gasteiger partial charge >= 0.3 is 6.09 Å². The van der Waals surface area contributed by atoms with Crippen molar-refractivity contribution in [1.29, 1.82) is 0 Å². The molecule has 2 rings (SSSR count). The molecule has 11 heteroatoms. The van der Waals surface area contributed by atoms with Gasteiger partial charge in [0.15, 0.2) is 0 Å². The van der Waals surface area contributed by atoms with Gasteiger partial charge in [0.05, 0.1) is 12.0 Å². The summed E-state index contributed by atoms with van der Waals surface area (Å²) in [5.41, 5.74) is -0.782. The van der Waals surface area contributed by atoms with Gasteiger partial charge in [-0.25, -0.2) is 4.79 Å². The van der Waals surface area contributed by atoms with E-state index in [0.29, 0.717) is 19.4 Å². The first kappa shape index (κ1) is 23.5. The zero-order valence-corrected chi connectivity index (χ0v) is 16.6. The zero-order valence-electron chi connectivity index (χ0n) is 16.6. The molecule has 2 heterocycles. The largest absolute Gasteiger partial charge is 0.444 e. The number of hydrogen-bond donors (Lipinski definition) is 5. The summed E-state index contributed by atoms with van der Waals surface area (Å²) in [6, 6.07) is 0.